The van der Waals surface area contributed by atoms with Crippen LogP contribution < -0.4 is 0 Å². The van der Waals surface area contributed by atoms with Crippen molar-refractivity contribution in [2.45, 2.75) is 5.88 Å². The summed E-state index contributed by atoms with van der Waals surface area (Å²) in [6.45, 7) is 0. The molecule has 0 radical (unpaired) electrons. The maximum atomic E-state index is 6.24. The van der Waals surface area contributed by atoms with Crippen molar-refractivity contribution >= 4 is 81.2 Å². The average Bonchev–Trinajstić information content (AvgIpc) is 2.44. The second-order valence-corrected chi connectivity index (χ2v) is 6.46. The van der Waals surface area contributed by atoms with Crippen LogP contribution in [0.5, 0.6) is 0 Å². The minimum absolute atomic E-state index is 0.112. The van der Waals surface area contributed by atoms with E-state index in [1.165, 1.54) is 0 Å². The lowest BCUT2D eigenvalue weighted by molar-refractivity contribution is 1.40. The summed E-state index contributed by atoms with van der Waals surface area (Å²) in [6.07, 6.45) is 0. The van der Waals surface area contributed by atoms with Crippen LogP contribution in [0, 0.1) is 0 Å². The Morgan fingerprint density at radius 2 is 1.20 bits per heavy atom. The molecule has 0 saturated carbocycles. The van der Waals surface area contributed by atoms with Gasteiger partial charge in [-0.3, -0.25) is 0 Å². The molecule has 2 rings (SSSR count). The summed E-state index contributed by atoms with van der Waals surface area (Å²) in [5, 5.41) is 1.23. The highest BCUT2D eigenvalue weighted by Crippen LogP contribution is 2.49. The van der Waals surface area contributed by atoms with E-state index in [4.69, 9.17) is 81.2 Å². The van der Waals surface area contributed by atoms with Crippen LogP contribution in [0.4, 0.5) is 0 Å². The molecule has 20 heavy (non-hydrogen) atoms. The second-order valence-electron chi connectivity index (χ2n) is 3.89. The average molecular weight is 409 g/mol. The van der Waals surface area contributed by atoms with Crippen molar-refractivity contribution in [3.63, 3.8) is 0 Å². The largest absolute Gasteiger partial charge is 0.122 e. The molecule has 0 heterocycles. The third-order valence-electron chi connectivity index (χ3n) is 2.67. The van der Waals surface area contributed by atoms with Gasteiger partial charge < -0.3 is 0 Å². The van der Waals surface area contributed by atoms with Gasteiger partial charge in [-0.15, -0.1) is 11.6 Å². The molecule has 0 spiro atoms. The monoisotopic (exact) mass is 406 g/mol. The fourth-order valence-corrected chi connectivity index (χ4v) is 3.49. The number of hydrogen-bond acceptors (Lipinski definition) is 0. The first-order chi connectivity index (χ1) is 9.38. The highest BCUT2D eigenvalue weighted by molar-refractivity contribution is 6.56. The predicted molar refractivity (Wildman–Crippen MR) is 91.5 cm³/mol. The van der Waals surface area contributed by atoms with E-state index in [1.54, 1.807) is 12.1 Å². The minimum Gasteiger partial charge on any atom is -0.122 e. The summed E-state index contributed by atoms with van der Waals surface area (Å²) in [5.74, 6) is 0.351. The molecule has 0 saturated heterocycles. The lowest BCUT2D eigenvalue weighted by Gasteiger charge is -2.14. The Kier molecular flexibility index (Phi) is 5.64. The van der Waals surface area contributed by atoms with Gasteiger partial charge in [-0.1, -0.05) is 81.7 Å². The zero-order chi connectivity index (χ0) is 15.0. The smallest absolute Gasteiger partial charge is 0.0809 e. The first kappa shape index (κ1) is 16.8. The van der Waals surface area contributed by atoms with Crippen LogP contribution >= 0.6 is 81.2 Å². The molecule has 0 unspecified atom stereocenters. The van der Waals surface area contributed by atoms with Gasteiger partial charge in [-0.25, -0.2) is 0 Å². The van der Waals surface area contributed by atoms with Crippen LogP contribution in [0.1, 0.15) is 5.56 Å². The SMILES string of the molecule is ClCc1ccc(-c2c(Cl)c(Cl)c(Cl)c(Cl)c2Cl)c(Cl)c1. The Bertz CT molecular complexity index is 650. The highest BCUT2D eigenvalue weighted by Gasteiger charge is 2.21. The molecule has 0 aromatic heterocycles. The summed E-state index contributed by atoms with van der Waals surface area (Å²) in [4.78, 5) is 0. The normalized spacial score (nSPS) is 10.9. The van der Waals surface area contributed by atoms with Crippen LogP contribution in [-0.4, -0.2) is 0 Å². The fourth-order valence-electron chi connectivity index (χ4n) is 1.69. The van der Waals surface area contributed by atoms with Crippen LogP contribution in [0.3, 0.4) is 0 Å². The Labute approximate surface area is 151 Å². The molecule has 0 atom stereocenters. The molecule has 0 aliphatic heterocycles. The van der Waals surface area contributed by atoms with Gasteiger partial charge in [0.2, 0.25) is 0 Å². The van der Waals surface area contributed by atoms with Crippen molar-refractivity contribution in [3.05, 3.63) is 53.9 Å². The third kappa shape index (κ3) is 2.98. The molecule has 0 fully saturated rings. The fraction of sp³-hybridized carbons (Fsp3) is 0.0769. The number of rotatable bonds is 2. The Balaban J connectivity index is 2.76. The van der Waals surface area contributed by atoms with E-state index in [-0.39, 0.29) is 25.1 Å². The van der Waals surface area contributed by atoms with E-state index in [0.717, 1.165) is 5.56 Å². The van der Waals surface area contributed by atoms with Gasteiger partial charge in [0.1, 0.15) is 0 Å². The van der Waals surface area contributed by atoms with Gasteiger partial charge in [0.25, 0.3) is 0 Å². The van der Waals surface area contributed by atoms with Gasteiger partial charge in [0, 0.05) is 22.0 Å². The van der Waals surface area contributed by atoms with E-state index in [0.29, 0.717) is 22.0 Å². The van der Waals surface area contributed by atoms with Gasteiger partial charge in [-0.2, -0.15) is 0 Å². The number of halogens is 7. The molecule has 7 heteroatoms. The van der Waals surface area contributed by atoms with Crippen molar-refractivity contribution in [1.82, 2.24) is 0 Å². The molecule has 106 valence electrons. The van der Waals surface area contributed by atoms with Crippen molar-refractivity contribution < 1.29 is 0 Å². The Morgan fingerprint density at radius 3 is 1.65 bits per heavy atom. The van der Waals surface area contributed by atoms with Crippen LogP contribution in [0.15, 0.2) is 18.2 Å². The number of benzene rings is 2. The van der Waals surface area contributed by atoms with Gasteiger partial charge in [0.15, 0.2) is 0 Å². The van der Waals surface area contributed by atoms with Crippen molar-refractivity contribution in [1.29, 1.82) is 0 Å². The minimum atomic E-state index is 0.112. The quantitative estimate of drug-likeness (QED) is 0.268. The molecule has 0 amide bonds. The molecular formula is C13H5Cl7. The van der Waals surface area contributed by atoms with Crippen LogP contribution in [0.2, 0.25) is 30.1 Å². The standard InChI is InChI=1S/C13H5Cl7/c14-4-5-1-2-6(7(15)3-5)8-9(16)11(18)13(20)12(19)10(8)17/h1-3H,4H2. The Hall–Kier alpha value is 0.470. The zero-order valence-corrected chi connectivity index (χ0v) is 14.9. The summed E-state index contributed by atoms with van der Waals surface area (Å²) in [6, 6.07) is 5.30. The summed E-state index contributed by atoms with van der Waals surface area (Å²) < 4.78 is 0. The van der Waals surface area contributed by atoms with E-state index < -0.39 is 0 Å². The van der Waals surface area contributed by atoms with Crippen LogP contribution in [-0.2, 0) is 5.88 Å². The van der Waals surface area contributed by atoms with Crippen molar-refractivity contribution in [3.8, 4) is 11.1 Å². The van der Waals surface area contributed by atoms with E-state index in [9.17, 15) is 0 Å². The molecular weight excluding hydrogens is 404 g/mol. The summed E-state index contributed by atoms with van der Waals surface area (Å²) >= 11 is 42.5. The first-order valence-electron chi connectivity index (χ1n) is 5.24. The van der Waals surface area contributed by atoms with Gasteiger partial charge in [-0.05, 0) is 11.6 Å². The van der Waals surface area contributed by atoms with Crippen LogP contribution in [0.25, 0.3) is 11.1 Å². The molecule has 0 N–H and O–H groups in total. The molecule has 0 bridgehead atoms. The summed E-state index contributed by atoms with van der Waals surface area (Å²) in [7, 11) is 0. The van der Waals surface area contributed by atoms with E-state index in [2.05, 4.69) is 0 Å². The predicted octanol–water partition coefficient (Wildman–Crippen LogP) is 8.01. The van der Waals surface area contributed by atoms with Crippen molar-refractivity contribution in [2.24, 2.45) is 0 Å². The Morgan fingerprint density at radius 1 is 0.700 bits per heavy atom. The third-order valence-corrected chi connectivity index (χ3v) is 5.57. The first-order valence-corrected chi connectivity index (χ1v) is 8.05. The zero-order valence-electron chi connectivity index (χ0n) is 9.58. The van der Waals surface area contributed by atoms with Gasteiger partial charge >= 0.3 is 0 Å². The molecule has 0 nitrogen and oxygen atoms in total. The summed E-state index contributed by atoms with van der Waals surface area (Å²) in [5.41, 5.74) is 1.92. The van der Waals surface area contributed by atoms with E-state index in [1.807, 2.05) is 6.07 Å². The maximum absolute atomic E-state index is 6.24. The van der Waals surface area contributed by atoms with Gasteiger partial charge in [0.05, 0.1) is 25.1 Å². The molecule has 0 aliphatic carbocycles. The topological polar surface area (TPSA) is 0 Å². The second kappa shape index (κ2) is 6.71. The molecule has 2 aromatic rings. The number of alkyl halides is 1. The molecule has 0 aliphatic rings. The lowest BCUT2D eigenvalue weighted by atomic mass is 10.0. The van der Waals surface area contributed by atoms with Crippen molar-refractivity contribution in [2.75, 3.05) is 0 Å². The molecule has 2 aromatic carbocycles. The lowest BCUT2D eigenvalue weighted by Crippen LogP contribution is -1.89. The highest BCUT2D eigenvalue weighted by atomic mass is 35.5. The number of hydrogen-bond donors (Lipinski definition) is 0. The van der Waals surface area contributed by atoms with E-state index >= 15 is 0 Å². The maximum Gasteiger partial charge on any atom is 0.0809 e.